The number of hydrogen-bond donors (Lipinski definition) is 3. The molecule has 1 aliphatic carbocycles. The van der Waals surface area contributed by atoms with E-state index >= 15 is 0 Å². The molecule has 172 valence electrons. The topological polar surface area (TPSA) is 82.6 Å². The van der Waals surface area contributed by atoms with Crippen LogP contribution in [0.25, 0.3) is 0 Å². The van der Waals surface area contributed by atoms with E-state index in [9.17, 15) is 26.0 Å². The third-order valence-electron chi connectivity index (χ3n) is 4.61. The molecule has 0 aliphatic heterocycles. The monoisotopic (exact) mass is 566 g/mol. The smallest absolute Gasteiger partial charge is 0.357 e. The highest BCUT2D eigenvalue weighted by atomic mass is 127. The summed E-state index contributed by atoms with van der Waals surface area (Å²) in [4.78, 5) is 4.06. The lowest BCUT2D eigenvalue weighted by Crippen LogP contribution is -2.42. The highest BCUT2D eigenvalue weighted by Gasteiger charge is 2.33. The van der Waals surface area contributed by atoms with Crippen LogP contribution in [0.3, 0.4) is 0 Å². The fraction of sp³-hybridized carbons (Fsp3) is 0.611. The van der Waals surface area contributed by atoms with Gasteiger partial charge in [0, 0.05) is 19.6 Å². The molecule has 0 saturated heterocycles. The van der Waals surface area contributed by atoms with E-state index < -0.39 is 27.6 Å². The first-order valence-corrected chi connectivity index (χ1v) is 11.1. The van der Waals surface area contributed by atoms with E-state index in [0.29, 0.717) is 25.1 Å². The van der Waals surface area contributed by atoms with Crippen molar-refractivity contribution in [2.75, 3.05) is 25.4 Å². The van der Waals surface area contributed by atoms with Crippen LogP contribution in [-0.4, -0.2) is 39.8 Å². The highest BCUT2D eigenvalue weighted by molar-refractivity contribution is 14.0. The summed E-state index contributed by atoms with van der Waals surface area (Å²) in [6.07, 6.45) is -1.51. The Balaban J connectivity index is 0.00000450. The van der Waals surface area contributed by atoms with Crippen LogP contribution in [0.4, 0.5) is 17.6 Å². The molecule has 30 heavy (non-hydrogen) atoms. The lowest BCUT2D eigenvalue weighted by molar-refractivity contribution is -0.138. The molecule has 3 N–H and O–H groups in total. The minimum Gasteiger partial charge on any atom is -0.357 e. The summed E-state index contributed by atoms with van der Waals surface area (Å²) < 4.78 is 79.0. The molecule has 0 atom stereocenters. The number of aliphatic imine (C=N–C) groups is 1. The van der Waals surface area contributed by atoms with Gasteiger partial charge >= 0.3 is 6.18 Å². The van der Waals surface area contributed by atoms with Crippen LogP contribution >= 0.6 is 24.0 Å². The van der Waals surface area contributed by atoms with Gasteiger partial charge in [-0.25, -0.2) is 22.5 Å². The van der Waals surface area contributed by atoms with E-state index in [0.717, 1.165) is 31.4 Å². The maximum atomic E-state index is 13.2. The summed E-state index contributed by atoms with van der Waals surface area (Å²) in [5.41, 5.74) is -1.26. The van der Waals surface area contributed by atoms with Crippen molar-refractivity contribution in [2.45, 2.75) is 38.9 Å². The molecular weight excluding hydrogens is 539 g/mol. The van der Waals surface area contributed by atoms with E-state index in [1.807, 2.05) is 0 Å². The molecule has 0 bridgehead atoms. The number of guanidine groups is 1. The van der Waals surface area contributed by atoms with Gasteiger partial charge in [0.2, 0.25) is 10.0 Å². The average molecular weight is 566 g/mol. The fourth-order valence-corrected chi connectivity index (χ4v) is 3.78. The molecular formula is C18H27F4IN4O2S. The zero-order chi connectivity index (χ0) is 21.5. The molecule has 1 saturated carbocycles. The fourth-order valence-electron chi connectivity index (χ4n) is 2.77. The number of hydrogen-bond acceptors (Lipinski definition) is 3. The van der Waals surface area contributed by atoms with Crippen molar-refractivity contribution in [3.63, 3.8) is 0 Å². The van der Waals surface area contributed by atoms with Gasteiger partial charge in [-0.05, 0) is 43.4 Å². The normalized spacial score (nSPS) is 15.3. The second-order valence-electron chi connectivity index (χ2n) is 6.89. The van der Waals surface area contributed by atoms with Crippen LogP contribution in [0.15, 0.2) is 23.2 Å². The number of rotatable bonds is 9. The van der Waals surface area contributed by atoms with Gasteiger partial charge in [-0.2, -0.15) is 13.2 Å². The van der Waals surface area contributed by atoms with E-state index in [2.05, 4.69) is 20.3 Å². The number of sulfonamides is 1. The molecule has 0 amide bonds. The third-order valence-corrected chi connectivity index (χ3v) is 5.96. The number of benzene rings is 1. The zero-order valence-corrected chi connectivity index (χ0v) is 19.7. The van der Waals surface area contributed by atoms with Crippen molar-refractivity contribution < 1.29 is 26.0 Å². The lowest BCUT2D eigenvalue weighted by atomic mass is 9.86. The predicted molar refractivity (Wildman–Crippen MR) is 119 cm³/mol. The van der Waals surface area contributed by atoms with E-state index in [1.165, 1.54) is 0 Å². The summed E-state index contributed by atoms with van der Waals surface area (Å²) in [5, 5.41) is 5.64. The average Bonchev–Trinajstić information content (AvgIpc) is 2.58. The number of nitrogens with one attached hydrogen (secondary N) is 3. The molecule has 0 spiro atoms. The Morgan fingerprint density at radius 3 is 2.50 bits per heavy atom. The lowest BCUT2D eigenvalue weighted by Gasteiger charge is -2.25. The molecule has 1 aromatic rings. The van der Waals surface area contributed by atoms with Gasteiger partial charge in [0.05, 0.1) is 17.9 Å². The molecule has 0 aromatic heterocycles. The van der Waals surface area contributed by atoms with Crippen molar-refractivity contribution >= 4 is 40.0 Å². The van der Waals surface area contributed by atoms with Crippen LogP contribution in [0.1, 0.15) is 37.3 Å². The minimum absolute atomic E-state index is 0. The van der Waals surface area contributed by atoms with Crippen LogP contribution in [-0.2, 0) is 22.7 Å². The Bertz CT molecular complexity index is 815. The molecule has 1 fully saturated rings. The Hall–Kier alpha value is -1.15. The standard InChI is InChI=1S/C18H26F4N4O2S.HI/c1-2-23-17(24-8-9-29(27,28)26-11-13-4-3-5-13)25-12-14-6-7-15(19)10-16(14)18(20,21)22;/h6-7,10,13,26H,2-5,8-9,11-12H2,1H3,(H2,23,24,25);1H. The van der Waals surface area contributed by atoms with Crippen LogP contribution in [0, 0.1) is 11.7 Å². The first-order valence-electron chi connectivity index (χ1n) is 9.46. The number of alkyl halides is 3. The summed E-state index contributed by atoms with van der Waals surface area (Å²) in [6.45, 7) is 2.35. The second-order valence-corrected chi connectivity index (χ2v) is 8.81. The third kappa shape index (κ3) is 8.92. The Kier molecular flexibility index (Phi) is 10.8. The van der Waals surface area contributed by atoms with Crippen LogP contribution in [0.5, 0.6) is 0 Å². The highest BCUT2D eigenvalue weighted by Crippen LogP contribution is 2.32. The van der Waals surface area contributed by atoms with E-state index in [-0.39, 0.29) is 54.3 Å². The largest absolute Gasteiger partial charge is 0.416 e. The molecule has 0 unspecified atom stereocenters. The van der Waals surface area contributed by atoms with Crippen LogP contribution in [0.2, 0.25) is 0 Å². The molecule has 2 rings (SSSR count). The van der Waals surface area contributed by atoms with Crippen molar-refractivity contribution in [1.29, 1.82) is 0 Å². The van der Waals surface area contributed by atoms with Gasteiger partial charge in [0.1, 0.15) is 5.82 Å². The van der Waals surface area contributed by atoms with Crippen LogP contribution < -0.4 is 15.4 Å². The maximum Gasteiger partial charge on any atom is 0.416 e. The van der Waals surface area contributed by atoms with Gasteiger partial charge in [-0.15, -0.1) is 24.0 Å². The minimum atomic E-state index is -4.70. The van der Waals surface area contributed by atoms with E-state index in [4.69, 9.17) is 0 Å². The first kappa shape index (κ1) is 26.9. The second kappa shape index (κ2) is 12.0. The molecule has 0 radical (unpaired) electrons. The molecule has 12 heteroatoms. The maximum absolute atomic E-state index is 13.2. The number of halogens is 5. The molecule has 0 heterocycles. The zero-order valence-electron chi connectivity index (χ0n) is 16.6. The van der Waals surface area contributed by atoms with Crippen molar-refractivity contribution in [1.82, 2.24) is 15.4 Å². The molecule has 1 aromatic carbocycles. The Morgan fingerprint density at radius 1 is 1.23 bits per heavy atom. The Morgan fingerprint density at radius 2 is 1.93 bits per heavy atom. The summed E-state index contributed by atoms with van der Waals surface area (Å²) in [6, 6.07) is 2.42. The van der Waals surface area contributed by atoms with Crippen molar-refractivity contribution in [3.8, 4) is 0 Å². The van der Waals surface area contributed by atoms with Gasteiger partial charge in [0.25, 0.3) is 0 Å². The predicted octanol–water partition coefficient (Wildman–Crippen LogP) is 3.24. The molecule has 6 nitrogen and oxygen atoms in total. The summed E-state index contributed by atoms with van der Waals surface area (Å²) in [5.74, 6) is -0.585. The van der Waals surface area contributed by atoms with Gasteiger partial charge < -0.3 is 10.6 Å². The molecule has 1 aliphatic rings. The quantitative estimate of drug-likeness (QED) is 0.186. The van der Waals surface area contributed by atoms with E-state index in [1.54, 1.807) is 6.92 Å². The van der Waals surface area contributed by atoms with Crippen molar-refractivity contribution in [2.24, 2.45) is 10.9 Å². The van der Waals surface area contributed by atoms with Crippen molar-refractivity contribution in [3.05, 3.63) is 35.1 Å². The van der Waals surface area contributed by atoms with Gasteiger partial charge in [0.15, 0.2) is 5.96 Å². The first-order chi connectivity index (χ1) is 13.6. The SMILES string of the molecule is CCNC(=NCc1ccc(F)cc1C(F)(F)F)NCCS(=O)(=O)NCC1CCC1.I. The Labute approximate surface area is 191 Å². The van der Waals surface area contributed by atoms with Gasteiger partial charge in [-0.3, -0.25) is 0 Å². The number of nitrogens with zero attached hydrogens (tertiary/aromatic N) is 1. The summed E-state index contributed by atoms with van der Waals surface area (Å²) in [7, 11) is -3.45. The summed E-state index contributed by atoms with van der Waals surface area (Å²) >= 11 is 0. The van der Waals surface area contributed by atoms with Gasteiger partial charge in [-0.1, -0.05) is 12.5 Å².